The van der Waals surface area contributed by atoms with Crippen molar-refractivity contribution in [3.05, 3.63) is 18.2 Å². The van der Waals surface area contributed by atoms with Gasteiger partial charge in [0.15, 0.2) is 13.6 Å². The summed E-state index contributed by atoms with van der Waals surface area (Å²) >= 11 is 0. The Hall–Kier alpha value is -1.46. The second-order valence-electron chi connectivity index (χ2n) is 2.80. The molecule has 0 heterocycles. The summed E-state index contributed by atoms with van der Waals surface area (Å²) < 4.78 is 20.0. The molecule has 1 aromatic rings. The summed E-state index contributed by atoms with van der Waals surface area (Å²) in [5, 5.41) is 0. The highest BCUT2D eigenvalue weighted by atomic mass is 16.7. The Kier molecular flexibility index (Phi) is 4.73. The molecule has 0 fully saturated rings. The Bertz CT molecular complexity index is 303. The summed E-state index contributed by atoms with van der Waals surface area (Å²) in [6.45, 7) is 0.361. The van der Waals surface area contributed by atoms with Crippen molar-refractivity contribution < 1.29 is 18.9 Å². The van der Waals surface area contributed by atoms with Crippen LogP contribution in [0.25, 0.3) is 0 Å². The van der Waals surface area contributed by atoms with Crippen molar-refractivity contribution in [2.45, 2.75) is 0 Å². The third-order valence-corrected chi connectivity index (χ3v) is 1.66. The summed E-state index contributed by atoms with van der Waals surface area (Å²) in [5.74, 6) is 1.21. The molecule has 5 nitrogen and oxygen atoms in total. The Morgan fingerprint density at radius 1 is 1.07 bits per heavy atom. The first kappa shape index (κ1) is 11.6. The van der Waals surface area contributed by atoms with Gasteiger partial charge in [-0.05, 0) is 12.1 Å². The Morgan fingerprint density at radius 2 is 1.73 bits per heavy atom. The zero-order valence-corrected chi connectivity index (χ0v) is 8.86. The first-order chi connectivity index (χ1) is 7.27. The second kappa shape index (κ2) is 6.10. The minimum absolute atomic E-state index is 0.169. The predicted molar refractivity (Wildman–Crippen MR) is 55.9 cm³/mol. The molecule has 0 aromatic heterocycles. The number of methoxy groups -OCH3 is 2. The van der Waals surface area contributed by atoms with Gasteiger partial charge in [0.25, 0.3) is 0 Å². The number of ether oxygens (including phenoxy) is 4. The third-order valence-electron chi connectivity index (χ3n) is 1.66. The average molecular weight is 213 g/mol. The maximum Gasteiger partial charge on any atom is 0.188 e. The molecule has 0 aliphatic rings. The van der Waals surface area contributed by atoms with Crippen LogP contribution in [0, 0.1) is 0 Å². The fourth-order valence-electron chi connectivity index (χ4n) is 0.997. The Morgan fingerprint density at radius 3 is 2.33 bits per heavy atom. The van der Waals surface area contributed by atoms with Crippen molar-refractivity contribution in [1.82, 2.24) is 0 Å². The first-order valence-corrected chi connectivity index (χ1v) is 4.41. The second-order valence-corrected chi connectivity index (χ2v) is 2.80. The van der Waals surface area contributed by atoms with Gasteiger partial charge in [-0.3, -0.25) is 0 Å². The van der Waals surface area contributed by atoms with Crippen molar-refractivity contribution in [2.75, 3.05) is 33.5 Å². The molecule has 0 aliphatic carbocycles. The molecule has 0 spiro atoms. The molecular weight excluding hydrogens is 198 g/mol. The number of hydrogen-bond acceptors (Lipinski definition) is 5. The molecular formula is C10H15NO4. The lowest BCUT2D eigenvalue weighted by atomic mass is 10.3. The molecule has 2 N–H and O–H groups in total. The summed E-state index contributed by atoms with van der Waals surface area (Å²) in [6, 6.07) is 5.14. The summed E-state index contributed by atoms with van der Waals surface area (Å²) in [6.07, 6.45) is 0. The van der Waals surface area contributed by atoms with E-state index in [-0.39, 0.29) is 13.6 Å². The number of anilines is 1. The molecule has 0 amide bonds. The van der Waals surface area contributed by atoms with Crippen LogP contribution in [-0.2, 0) is 9.47 Å². The number of benzene rings is 1. The fourth-order valence-corrected chi connectivity index (χ4v) is 0.997. The molecule has 0 atom stereocenters. The molecule has 0 radical (unpaired) electrons. The quantitative estimate of drug-likeness (QED) is 0.569. The molecule has 84 valence electrons. The van der Waals surface area contributed by atoms with Crippen LogP contribution in [0.3, 0.4) is 0 Å². The van der Waals surface area contributed by atoms with E-state index >= 15 is 0 Å². The van der Waals surface area contributed by atoms with Gasteiger partial charge in [0, 0.05) is 20.3 Å². The molecule has 0 bridgehead atoms. The van der Waals surface area contributed by atoms with Crippen LogP contribution < -0.4 is 15.2 Å². The van der Waals surface area contributed by atoms with Gasteiger partial charge in [0.05, 0.1) is 5.69 Å². The molecule has 1 aromatic carbocycles. The van der Waals surface area contributed by atoms with E-state index in [9.17, 15) is 0 Å². The largest absolute Gasteiger partial charge is 0.467 e. The van der Waals surface area contributed by atoms with Crippen molar-refractivity contribution >= 4 is 5.69 Å². The van der Waals surface area contributed by atoms with E-state index in [2.05, 4.69) is 0 Å². The van der Waals surface area contributed by atoms with Gasteiger partial charge in [-0.25, -0.2) is 0 Å². The number of rotatable bonds is 6. The molecule has 1 rings (SSSR count). The monoisotopic (exact) mass is 213 g/mol. The zero-order chi connectivity index (χ0) is 11.1. The van der Waals surface area contributed by atoms with Crippen LogP contribution in [0.4, 0.5) is 5.69 Å². The minimum atomic E-state index is 0.169. The average Bonchev–Trinajstić information content (AvgIpc) is 2.25. The van der Waals surface area contributed by atoms with Crippen molar-refractivity contribution in [2.24, 2.45) is 0 Å². The van der Waals surface area contributed by atoms with Gasteiger partial charge >= 0.3 is 0 Å². The van der Waals surface area contributed by atoms with Gasteiger partial charge in [-0.15, -0.1) is 0 Å². The van der Waals surface area contributed by atoms with Gasteiger partial charge in [0.1, 0.15) is 11.5 Å². The normalized spacial score (nSPS) is 10.0. The highest BCUT2D eigenvalue weighted by molar-refractivity contribution is 5.56. The Labute approximate surface area is 88.7 Å². The summed E-state index contributed by atoms with van der Waals surface area (Å²) in [5.41, 5.74) is 6.23. The van der Waals surface area contributed by atoms with Crippen LogP contribution >= 0.6 is 0 Å². The highest BCUT2D eigenvalue weighted by Crippen LogP contribution is 2.26. The lowest BCUT2D eigenvalue weighted by Gasteiger charge is -2.10. The maximum absolute atomic E-state index is 5.73. The van der Waals surface area contributed by atoms with E-state index in [1.54, 1.807) is 32.4 Å². The van der Waals surface area contributed by atoms with Crippen LogP contribution in [0.2, 0.25) is 0 Å². The van der Waals surface area contributed by atoms with E-state index in [0.717, 1.165) is 0 Å². The van der Waals surface area contributed by atoms with Gasteiger partial charge < -0.3 is 24.7 Å². The lowest BCUT2D eigenvalue weighted by molar-refractivity contribution is 0.0488. The summed E-state index contributed by atoms with van der Waals surface area (Å²) in [4.78, 5) is 0. The van der Waals surface area contributed by atoms with Gasteiger partial charge in [-0.2, -0.15) is 0 Å². The van der Waals surface area contributed by atoms with Crippen molar-refractivity contribution in [3.8, 4) is 11.5 Å². The molecule has 15 heavy (non-hydrogen) atoms. The maximum atomic E-state index is 5.73. The molecule has 0 saturated heterocycles. The van der Waals surface area contributed by atoms with Crippen molar-refractivity contribution in [3.63, 3.8) is 0 Å². The lowest BCUT2D eigenvalue weighted by Crippen LogP contribution is -2.03. The predicted octanol–water partition coefficient (Wildman–Crippen LogP) is 1.23. The fraction of sp³-hybridized carbons (Fsp3) is 0.400. The van der Waals surface area contributed by atoms with E-state index in [4.69, 9.17) is 24.7 Å². The molecule has 0 unspecified atom stereocenters. The molecule has 0 saturated carbocycles. The van der Waals surface area contributed by atoms with Crippen LogP contribution in [0.15, 0.2) is 18.2 Å². The van der Waals surface area contributed by atoms with Crippen LogP contribution in [0.1, 0.15) is 0 Å². The number of hydrogen-bond donors (Lipinski definition) is 1. The topological polar surface area (TPSA) is 62.9 Å². The molecule has 5 heteroatoms. The smallest absolute Gasteiger partial charge is 0.188 e. The third kappa shape index (κ3) is 3.65. The van der Waals surface area contributed by atoms with E-state index in [0.29, 0.717) is 17.2 Å². The minimum Gasteiger partial charge on any atom is -0.467 e. The SMILES string of the molecule is COCOc1ccc(OCOC)c(N)c1. The van der Waals surface area contributed by atoms with Gasteiger partial charge in [-0.1, -0.05) is 0 Å². The summed E-state index contributed by atoms with van der Waals surface area (Å²) in [7, 11) is 3.10. The van der Waals surface area contributed by atoms with Crippen molar-refractivity contribution in [1.29, 1.82) is 0 Å². The van der Waals surface area contributed by atoms with Crippen LogP contribution in [0.5, 0.6) is 11.5 Å². The van der Waals surface area contributed by atoms with Crippen LogP contribution in [-0.4, -0.2) is 27.8 Å². The zero-order valence-electron chi connectivity index (χ0n) is 8.86. The van der Waals surface area contributed by atoms with E-state index in [1.165, 1.54) is 0 Å². The van der Waals surface area contributed by atoms with E-state index in [1.807, 2.05) is 0 Å². The van der Waals surface area contributed by atoms with E-state index < -0.39 is 0 Å². The standard InChI is InChI=1S/C10H15NO4/c1-12-6-14-8-3-4-10(9(11)5-8)15-7-13-2/h3-5H,6-7,11H2,1-2H3. The number of nitrogen functional groups attached to an aromatic ring is 1. The highest BCUT2D eigenvalue weighted by Gasteiger charge is 2.02. The number of nitrogens with two attached hydrogens (primary N) is 1. The Balaban J connectivity index is 2.61. The van der Waals surface area contributed by atoms with Gasteiger partial charge in [0.2, 0.25) is 0 Å². The first-order valence-electron chi connectivity index (χ1n) is 4.41. The molecule has 0 aliphatic heterocycles.